The Morgan fingerprint density at radius 3 is 2.84 bits per heavy atom. The molecule has 19 heavy (non-hydrogen) atoms. The third-order valence-corrected chi connectivity index (χ3v) is 2.89. The number of benzene rings is 1. The lowest BCUT2D eigenvalue weighted by molar-refractivity contribution is 0.0952. The first-order valence-corrected chi connectivity index (χ1v) is 6.87. The maximum Gasteiger partial charge on any atom is 0.253 e. The molecule has 106 valence electrons. The van der Waals surface area contributed by atoms with Gasteiger partial charge in [-0.2, -0.15) is 0 Å². The van der Waals surface area contributed by atoms with E-state index in [1.54, 1.807) is 19.2 Å². The average molecular weight is 285 g/mol. The molecule has 0 spiro atoms. The monoisotopic (exact) mass is 284 g/mol. The molecule has 1 amide bonds. The number of rotatable bonds is 8. The second kappa shape index (κ2) is 8.77. The number of hydrogen-bond donors (Lipinski definition) is 2. The van der Waals surface area contributed by atoms with Gasteiger partial charge in [-0.25, -0.2) is 0 Å². The number of amides is 1. The number of carbonyl (C=O) groups is 1. The van der Waals surface area contributed by atoms with E-state index in [-0.39, 0.29) is 5.91 Å². The minimum absolute atomic E-state index is 0.101. The lowest BCUT2D eigenvalue weighted by Gasteiger charge is -2.11. The molecule has 0 saturated carbocycles. The third-order valence-electron chi connectivity index (χ3n) is 2.65. The number of carbonyl (C=O) groups excluding carboxylic acids is 1. The molecular formula is C14H21ClN2O2. The first-order chi connectivity index (χ1) is 9.19. The highest BCUT2D eigenvalue weighted by Crippen LogP contribution is 2.20. The molecule has 1 rings (SSSR count). The molecule has 0 radical (unpaired) electrons. The Balaban J connectivity index is 2.57. The molecule has 1 aromatic carbocycles. The van der Waals surface area contributed by atoms with Gasteiger partial charge in [0.2, 0.25) is 0 Å². The van der Waals surface area contributed by atoms with Gasteiger partial charge in [-0.3, -0.25) is 4.79 Å². The lowest BCUT2D eigenvalue weighted by Crippen LogP contribution is -2.25. The summed E-state index contributed by atoms with van der Waals surface area (Å²) in [5.41, 5.74) is 1.39. The largest absolute Gasteiger partial charge is 0.385 e. The molecule has 0 atom stereocenters. The molecule has 0 saturated heterocycles. The molecule has 0 aromatic heterocycles. The number of nitrogens with one attached hydrogen (secondary N) is 2. The predicted octanol–water partition coefficient (Wildman–Crippen LogP) is 2.93. The van der Waals surface area contributed by atoms with Crippen LogP contribution < -0.4 is 10.6 Å². The number of hydrogen-bond acceptors (Lipinski definition) is 3. The normalized spacial score (nSPS) is 10.3. The smallest absolute Gasteiger partial charge is 0.253 e. The van der Waals surface area contributed by atoms with Gasteiger partial charge in [-0.05, 0) is 38.0 Å². The van der Waals surface area contributed by atoms with Crippen LogP contribution in [0.5, 0.6) is 0 Å². The molecule has 2 N–H and O–H groups in total. The van der Waals surface area contributed by atoms with Crippen molar-refractivity contribution >= 4 is 23.2 Å². The molecule has 0 aliphatic heterocycles. The minimum atomic E-state index is -0.101. The lowest BCUT2D eigenvalue weighted by atomic mass is 10.1. The third kappa shape index (κ3) is 5.49. The molecule has 5 heteroatoms. The van der Waals surface area contributed by atoms with Crippen LogP contribution in [0.1, 0.15) is 30.1 Å². The fraction of sp³-hybridized carbons (Fsp3) is 0.500. The topological polar surface area (TPSA) is 50.4 Å². The summed E-state index contributed by atoms with van der Waals surface area (Å²) in [4.78, 5) is 12.1. The summed E-state index contributed by atoms with van der Waals surface area (Å²) in [7, 11) is 1.67. The van der Waals surface area contributed by atoms with Gasteiger partial charge in [0.25, 0.3) is 5.91 Å². The van der Waals surface area contributed by atoms with Crippen molar-refractivity contribution in [2.75, 3.05) is 32.1 Å². The summed E-state index contributed by atoms with van der Waals surface area (Å²) in [6.45, 7) is 4.10. The highest BCUT2D eigenvalue weighted by molar-refractivity contribution is 6.31. The van der Waals surface area contributed by atoms with E-state index in [0.717, 1.165) is 31.7 Å². The molecule has 0 heterocycles. The molecule has 0 bridgehead atoms. The van der Waals surface area contributed by atoms with Gasteiger partial charge in [0.1, 0.15) is 0 Å². The highest BCUT2D eigenvalue weighted by Gasteiger charge is 2.11. The standard InChI is InChI=1S/C14H21ClN2O2/c1-3-16-13-7-6-11(15)10-12(13)14(18)17-8-4-5-9-19-2/h6-7,10,16H,3-5,8-9H2,1-2H3,(H,17,18). The Hall–Kier alpha value is -1.26. The van der Waals surface area contributed by atoms with Gasteiger partial charge in [0.15, 0.2) is 0 Å². The van der Waals surface area contributed by atoms with Crippen LogP contribution in [0.2, 0.25) is 5.02 Å². The van der Waals surface area contributed by atoms with E-state index in [0.29, 0.717) is 17.1 Å². The van der Waals surface area contributed by atoms with Crippen molar-refractivity contribution in [3.05, 3.63) is 28.8 Å². The van der Waals surface area contributed by atoms with Crippen molar-refractivity contribution in [3.8, 4) is 0 Å². The van der Waals surface area contributed by atoms with Crippen LogP contribution in [0.3, 0.4) is 0 Å². The van der Waals surface area contributed by atoms with Crippen molar-refractivity contribution in [3.63, 3.8) is 0 Å². The van der Waals surface area contributed by atoms with Crippen LogP contribution in [-0.4, -0.2) is 32.7 Å². The predicted molar refractivity (Wildman–Crippen MR) is 79.1 cm³/mol. The number of halogens is 1. The molecular weight excluding hydrogens is 264 g/mol. The van der Waals surface area contributed by atoms with Crippen molar-refractivity contribution in [2.45, 2.75) is 19.8 Å². The molecule has 1 aromatic rings. The zero-order chi connectivity index (χ0) is 14.1. The number of unbranched alkanes of at least 4 members (excludes halogenated alkanes) is 1. The Morgan fingerprint density at radius 2 is 2.16 bits per heavy atom. The Labute approximate surface area is 119 Å². The van der Waals surface area contributed by atoms with Gasteiger partial charge < -0.3 is 15.4 Å². The van der Waals surface area contributed by atoms with Crippen LogP contribution in [-0.2, 0) is 4.74 Å². The van der Waals surface area contributed by atoms with Gasteiger partial charge in [-0.15, -0.1) is 0 Å². The van der Waals surface area contributed by atoms with Crippen LogP contribution in [0.25, 0.3) is 0 Å². The maximum atomic E-state index is 12.1. The molecule has 0 unspecified atom stereocenters. The van der Waals surface area contributed by atoms with Gasteiger partial charge in [-0.1, -0.05) is 11.6 Å². The average Bonchev–Trinajstić information content (AvgIpc) is 2.40. The molecule has 0 fully saturated rings. The van der Waals surface area contributed by atoms with Crippen molar-refractivity contribution in [1.82, 2.24) is 5.32 Å². The zero-order valence-corrected chi connectivity index (χ0v) is 12.2. The van der Waals surface area contributed by atoms with Gasteiger partial charge in [0.05, 0.1) is 5.56 Å². The van der Waals surface area contributed by atoms with E-state index in [4.69, 9.17) is 16.3 Å². The van der Waals surface area contributed by atoms with Crippen molar-refractivity contribution < 1.29 is 9.53 Å². The molecule has 0 aliphatic carbocycles. The van der Waals surface area contributed by atoms with Crippen LogP contribution >= 0.6 is 11.6 Å². The maximum absolute atomic E-state index is 12.1. The Morgan fingerprint density at radius 1 is 1.37 bits per heavy atom. The highest BCUT2D eigenvalue weighted by atomic mass is 35.5. The van der Waals surface area contributed by atoms with E-state index in [9.17, 15) is 4.79 Å². The van der Waals surface area contributed by atoms with E-state index in [1.165, 1.54) is 0 Å². The van der Waals surface area contributed by atoms with Crippen LogP contribution in [0, 0.1) is 0 Å². The van der Waals surface area contributed by atoms with Gasteiger partial charge in [0, 0.05) is 37.5 Å². The summed E-state index contributed by atoms with van der Waals surface area (Å²) in [6.07, 6.45) is 1.84. The quantitative estimate of drug-likeness (QED) is 0.722. The van der Waals surface area contributed by atoms with Crippen LogP contribution in [0.4, 0.5) is 5.69 Å². The van der Waals surface area contributed by atoms with E-state index in [2.05, 4.69) is 10.6 Å². The first kappa shape index (κ1) is 15.8. The number of ether oxygens (including phenoxy) is 1. The zero-order valence-electron chi connectivity index (χ0n) is 11.5. The first-order valence-electron chi connectivity index (χ1n) is 6.49. The fourth-order valence-corrected chi connectivity index (χ4v) is 1.89. The number of anilines is 1. The Bertz CT molecular complexity index is 410. The van der Waals surface area contributed by atoms with E-state index < -0.39 is 0 Å². The van der Waals surface area contributed by atoms with Crippen molar-refractivity contribution in [1.29, 1.82) is 0 Å². The van der Waals surface area contributed by atoms with Crippen LogP contribution in [0.15, 0.2) is 18.2 Å². The summed E-state index contributed by atoms with van der Waals surface area (Å²) < 4.78 is 4.96. The summed E-state index contributed by atoms with van der Waals surface area (Å²) in [6, 6.07) is 5.28. The van der Waals surface area contributed by atoms with Gasteiger partial charge >= 0.3 is 0 Å². The summed E-state index contributed by atoms with van der Waals surface area (Å²) in [5, 5.41) is 6.61. The molecule has 0 aliphatic rings. The SMILES string of the molecule is CCNc1ccc(Cl)cc1C(=O)NCCCCOC. The summed E-state index contributed by atoms with van der Waals surface area (Å²) in [5.74, 6) is -0.101. The van der Waals surface area contributed by atoms with E-state index in [1.807, 2.05) is 13.0 Å². The summed E-state index contributed by atoms with van der Waals surface area (Å²) >= 11 is 5.94. The fourth-order valence-electron chi connectivity index (χ4n) is 1.72. The van der Waals surface area contributed by atoms with E-state index >= 15 is 0 Å². The Kier molecular flexibility index (Phi) is 7.30. The second-order valence-corrected chi connectivity index (χ2v) is 4.61. The molecule has 4 nitrogen and oxygen atoms in total. The number of methoxy groups -OCH3 is 1. The minimum Gasteiger partial charge on any atom is -0.385 e. The van der Waals surface area contributed by atoms with Crippen molar-refractivity contribution in [2.24, 2.45) is 0 Å². The second-order valence-electron chi connectivity index (χ2n) is 4.18.